The molecule has 0 saturated carbocycles. The predicted octanol–water partition coefficient (Wildman–Crippen LogP) is 4.47. The number of ether oxygens (including phenoxy) is 3. The van der Waals surface area contributed by atoms with Gasteiger partial charge in [-0.2, -0.15) is 0 Å². The maximum absolute atomic E-state index is 12.1. The van der Waals surface area contributed by atoms with Gasteiger partial charge in [0.2, 0.25) is 0 Å². The Hall–Kier alpha value is -2.73. The number of rotatable bonds is 7. The zero-order valence-electron chi connectivity index (χ0n) is 14.5. The molecule has 0 radical (unpaired) electrons. The molecule has 0 atom stereocenters. The molecular formula is C19H18ClNO5. The molecule has 0 spiro atoms. The van der Waals surface area contributed by atoms with Crippen LogP contribution in [0.3, 0.4) is 0 Å². The van der Waals surface area contributed by atoms with E-state index in [-0.39, 0.29) is 11.6 Å². The largest absolute Gasteiger partial charge is 0.490 e. The number of benzene rings is 1. The molecule has 1 aliphatic heterocycles. The first-order chi connectivity index (χ1) is 12.6. The second-order valence-corrected chi connectivity index (χ2v) is 5.83. The number of cyclic esters (lactones) is 1. The van der Waals surface area contributed by atoms with Crippen LogP contribution in [0.25, 0.3) is 6.08 Å². The molecule has 136 valence electrons. The third-order valence-corrected chi connectivity index (χ3v) is 3.72. The lowest BCUT2D eigenvalue weighted by Gasteiger charge is -2.14. The van der Waals surface area contributed by atoms with Gasteiger partial charge in [-0.3, -0.25) is 0 Å². The molecule has 0 fully saturated rings. The van der Waals surface area contributed by atoms with Gasteiger partial charge in [0.25, 0.3) is 5.90 Å². The van der Waals surface area contributed by atoms with E-state index in [1.807, 2.05) is 13.8 Å². The van der Waals surface area contributed by atoms with Crippen molar-refractivity contribution in [1.82, 2.24) is 0 Å². The minimum atomic E-state index is -0.559. The van der Waals surface area contributed by atoms with Crippen LogP contribution < -0.4 is 9.47 Å². The Bertz CT molecular complexity index is 855. The number of carbonyl (C=O) groups is 1. The second-order valence-electron chi connectivity index (χ2n) is 5.42. The molecule has 7 heteroatoms. The molecule has 6 nitrogen and oxygen atoms in total. The Balaban J connectivity index is 1.93. The van der Waals surface area contributed by atoms with Crippen LogP contribution in [0, 0.1) is 0 Å². The number of halogens is 1. The van der Waals surface area contributed by atoms with Crippen molar-refractivity contribution in [2.24, 2.45) is 4.99 Å². The van der Waals surface area contributed by atoms with Gasteiger partial charge in [-0.25, -0.2) is 9.79 Å². The van der Waals surface area contributed by atoms with E-state index < -0.39 is 5.97 Å². The van der Waals surface area contributed by atoms with Crippen molar-refractivity contribution < 1.29 is 23.4 Å². The molecule has 0 bridgehead atoms. The van der Waals surface area contributed by atoms with Gasteiger partial charge in [0.15, 0.2) is 23.0 Å². The fraction of sp³-hybridized carbons (Fsp3) is 0.263. The number of esters is 1. The zero-order valence-corrected chi connectivity index (χ0v) is 15.2. The highest BCUT2D eigenvalue weighted by Gasteiger charge is 2.26. The van der Waals surface area contributed by atoms with Crippen LogP contribution in [0.2, 0.25) is 5.02 Å². The summed E-state index contributed by atoms with van der Waals surface area (Å²) < 4.78 is 21.6. The molecule has 0 saturated heterocycles. The van der Waals surface area contributed by atoms with Gasteiger partial charge in [-0.15, -0.1) is 0 Å². The molecule has 0 aliphatic carbocycles. The molecule has 2 heterocycles. The lowest BCUT2D eigenvalue weighted by molar-refractivity contribution is -0.130. The summed E-state index contributed by atoms with van der Waals surface area (Å²) in [6.45, 7) is 4.87. The fourth-order valence-corrected chi connectivity index (χ4v) is 2.62. The van der Waals surface area contributed by atoms with Gasteiger partial charge in [-0.05, 0) is 49.2 Å². The lowest BCUT2D eigenvalue weighted by atomic mass is 10.1. The Morgan fingerprint density at radius 3 is 2.81 bits per heavy atom. The van der Waals surface area contributed by atoms with Crippen LogP contribution >= 0.6 is 11.6 Å². The van der Waals surface area contributed by atoms with Crippen molar-refractivity contribution in [2.75, 3.05) is 13.2 Å². The smallest absolute Gasteiger partial charge is 0.363 e. The maximum atomic E-state index is 12.1. The highest BCUT2D eigenvalue weighted by Crippen LogP contribution is 2.37. The normalized spacial score (nSPS) is 15.1. The number of hydrogen-bond acceptors (Lipinski definition) is 6. The number of hydrogen-bond donors (Lipinski definition) is 0. The third kappa shape index (κ3) is 3.91. The van der Waals surface area contributed by atoms with Crippen LogP contribution in [-0.2, 0) is 9.53 Å². The van der Waals surface area contributed by atoms with E-state index in [0.29, 0.717) is 41.1 Å². The van der Waals surface area contributed by atoms with Crippen molar-refractivity contribution in [2.45, 2.75) is 20.3 Å². The highest BCUT2D eigenvalue weighted by atomic mass is 35.5. The van der Waals surface area contributed by atoms with E-state index in [4.69, 9.17) is 30.2 Å². The average molecular weight is 376 g/mol. The van der Waals surface area contributed by atoms with Gasteiger partial charge in [0.05, 0.1) is 24.5 Å². The van der Waals surface area contributed by atoms with Crippen molar-refractivity contribution in [3.63, 3.8) is 0 Å². The Labute approximate surface area is 156 Å². The SMILES string of the molecule is CCCOc1c(Cl)cc(/C=C2\N=C(c3ccco3)OC2=O)cc1OCC. The molecule has 2 aromatic rings. The van der Waals surface area contributed by atoms with Crippen LogP contribution in [0.1, 0.15) is 31.6 Å². The summed E-state index contributed by atoms with van der Waals surface area (Å²) in [5, 5.41) is 0.401. The van der Waals surface area contributed by atoms with Gasteiger partial charge >= 0.3 is 5.97 Å². The van der Waals surface area contributed by atoms with Gasteiger partial charge < -0.3 is 18.6 Å². The quantitative estimate of drug-likeness (QED) is 0.527. The van der Waals surface area contributed by atoms with Gasteiger partial charge in [0.1, 0.15) is 0 Å². The van der Waals surface area contributed by atoms with Crippen molar-refractivity contribution in [3.8, 4) is 11.5 Å². The number of furan rings is 1. The Kier molecular flexibility index (Phi) is 5.63. The summed E-state index contributed by atoms with van der Waals surface area (Å²) in [4.78, 5) is 16.2. The Morgan fingerprint density at radius 2 is 2.12 bits per heavy atom. The standard InChI is InChI=1S/C19H18ClNO5/c1-3-7-25-17-13(20)9-12(11-16(17)23-4-2)10-14-19(22)26-18(21-14)15-6-5-8-24-15/h5-6,8-11H,3-4,7H2,1-2H3/b14-10-. The van der Waals surface area contributed by atoms with Crippen LogP contribution in [-0.4, -0.2) is 25.1 Å². The molecule has 0 amide bonds. The Morgan fingerprint density at radius 1 is 1.27 bits per heavy atom. The van der Waals surface area contributed by atoms with Crippen LogP contribution in [0.15, 0.2) is 45.6 Å². The molecular weight excluding hydrogens is 358 g/mol. The van der Waals surface area contributed by atoms with E-state index in [1.54, 1.807) is 30.3 Å². The van der Waals surface area contributed by atoms with Crippen molar-refractivity contribution in [3.05, 3.63) is 52.6 Å². The van der Waals surface area contributed by atoms with E-state index in [9.17, 15) is 4.79 Å². The molecule has 0 unspecified atom stereocenters. The minimum absolute atomic E-state index is 0.130. The van der Waals surface area contributed by atoms with Crippen molar-refractivity contribution >= 4 is 29.5 Å². The van der Waals surface area contributed by atoms with E-state index >= 15 is 0 Å². The molecule has 1 aromatic carbocycles. The maximum Gasteiger partial charge on any atom is 0.363 e. The van der Waals surface area contributed by atoms with Gasteiger partial charge in [0, 0.05) is 0 Å². The first-order valence-electron chi connectivity index (χ1n) is 8.28. The molecule has 3 rings (SSSR count). The third-order valence-electron chi connectivity index (χ3n) is 3.44. The fourth-order valence-electron chi connectivity index (χ4n) is 2.35. The van der Waals surface area contributed by atoms with E-state index in [0.717, 1.165) is 6.42 Å². The summed E-state index contributed by atoms with van der Waals surface area (Å²) in [5.41, 5.74) is 0.802. The van der Waals surface area contributed by atoms with E-state index in [1.165, 1.54) is 6.26 Å². The first-order valence-corrected chi connectivity index (χ1v) is 8.65. The average Bonchev–Trinajstić information content (AvgIpc) is 3.25. The summed E-state index contributed by atoms with van der Waals surface area (Å²) >= 11 is 6.34. The lowest BCUT2D eigenvalue weighted by Crippen LogP contribution is -2.04. The first kappa shape index (κ1) is 18.1. The van der Waals surface area contributed by atoms with Crippen LogP contribution in [0.5, 0.6) is 11.5 Å². The van der Waals surface area contributed by atoms with Gasteiger partial charge in [-0.1, -0.05) is 18.5 Å². The topological polar surface area (TPSA) is 70.3 Å². The van der Waals surface area contributed by atoms with Crippen LogP contribution in [0.4, 0.5) is 0 Å². The predicted molar refractivity (Wildman–Crippen MR) is 97.7 cm³/mol. The highest BCUT2D eigenvalue weighted by molar-refractivity contribution is 6.32. The molecule has 1 aromatic heterocycles. The minimum Gasteiger partial charge on any atom is -0.490 e. The van der Waals surface area contributed by atoms with E-state index in [2.05, 4.69) is 4.99 Å². The summed E-state index contributed by atoms with van der Waals surface area (Å²) in [6.07, 6.45) is 3.91. The summed E-state index contributed by atoms with van der Waals surface area (Å²) in [6, 6.07) is 6.80. The number of carbonyl (C=O) groups excluding carboxylic acids is 1. The zero-order chi connectivity index (χ0) is 18.5. The number of nitrogens with zero attached hydrogens (tertiary/aromatic N) is 1. The molecule has 26 heavy (non-hydrogen) atoms. The monoisotopic (exact) mass is 375 g/mol. The molecule has 1 aliphatic rings. The van der Waals surface area contributed by atoms with Crippen molar-refractivity contribution in [1.29, 1.82) is 0 Å². The number of aliphatic imine (C=N–C) groups is 1. The summed E-state index contributed by atoms with van der Waals surface area (Å²) in [7, 11) is 0. The summed E-state index contributed by atoms with van der Waals surface area (Å²) in [5.74, 6) is 0.966. The second kappa shape index (κ2) is 8.10. The molecule has 0 N–H and O–H groups in total.